The molecule has 0 aliphatic heterocycles. The van der Waals surface area contributed by atoms with E-state index in [9.17, 15) is 23.9 Å². The van der Waals surface area contributed by atoms with Crippen molar-refractivity contribution < 1.29 is 28.6 Å². The number of carbonyl (C=O) groups is 3. The van der Waals surface area contributed by atoms with Crippen molar-refractivity contribution in [3.05, 3.63) is 76.3 Å². The Morgan fingerprint density at radius 3 is 2.47 bits per heavy atom. The molecule has 10 heteroatoms. The number of ketones is 1. The number of methoxy groups -OCH3 is 1. The molecule has 1 amide bonds. The van der Waals surface area contributed by atoms with E-state index >= 15 is 0 Å². The number of Topliss-reactive ketones (excluding diaryl/α,β-unsaturated/α-hetero) is 1. The molecule has 3 rings (SSSR count). The smallest absolute Gasteiger partial charge is 0.311 e. The van der Waals surface area contributed by atoms with Crippen molar-refractivity contribution in [2.45, 2.75) is 32.7 Å². The fourth-order valence-corrected chi connectivity index (χ4v) is 4.12. The number of carboxylic acid groups (broad SMARTS) is 1. The lowest BCUT2D eigenvalue weighted by atomic mass is 9.82. The number of carbonyl (C=O) groups excluding carboxylic acids is 2. The molecule has 1 unspecified atom stereocenters. The first kappa shape index (κ1) is 27.0. The number of hydrogen-bond donors (Lipinski definition) is 3. The minimum atomic E-state index is -1.27. The first-order valence-electron chi connectivity index (χ1n) is 11.2. The number of nitrogens with one attached hydrogen (secondary N) is 2. The Morgan fingerprint density at radius 2 is 1.89 bits per heavy atom. The second-order valence-electron chi connectivity index (χ2n) is 8.92. The standard InChI is InChI=1S/C26H27ClFN3O5/c1-15(32)22-12-23(31-30-22)24(33)29-19(13-26(2,14-36-3)25(34)35)10-16-4-6-17(7-5-16)20-11-18(27)8-9-21(20)28/h4-9,11-12,19H,10,13-14H2,1-3H3,(H,29,33)(H,30,31)(H,34,35)/t19-,26?/m1/s1. The van der Waals surface area contributed by atoms with Gasteiger partial charge in [0.1, 0.15) is 17.2 Å². The maximum absolute atomic E-state index is 14.3. The van der Waals surface area contributed by atoms with Crippen LogP contribution in [0.1, 0.15) is 46.8 Å². The highest BCUT2D eigenvalue weighted by atomic mass is 35.5. The summed E-state index contributed by atoms with van der Waals surface area (Å²) in [5, 5.41) is 19.4. The summed E-state index contributed by atoms with van der Waals surface area (Å²) >= 11 is 6.01. The minimum Gasteiger partial charge on any atom is -0.481 e. The lowest BCUT2D eigenvalue weighted by molar-refractivity contribution is -0.152. The minimum absolute atomic E-state index is 0.0553. The van der Waals surface area contributed by atoms with E-state index in [-0.39, 0.29) is 30.2 Å². The molecule has 0 saturated carbocycles. The predicted molar refractivity (Wildman–Crippen MR) is 133 cm³/mol. The molecule has 0 saturated heterocycles. The Hall–Kier alpha value is -3.56. The number of ether oxygens (including phenoxy) is 1. The molecule has 0 radical (unpaired) electrons. The number of aromatic amines is 1. The second-order valence-corrected chi connectivity index (χ2v) is 9.36. The van der Waals surface area contributed by atoms with Crippen LogP contribution in [0.3, 0.4) is 0 Å². The zero-order valence-corrected chi connectivity index (χ0v) is 20.9. The Kier molecular flexibility index (Phi) is 8.60. The lowest BCUT2D eigenvalue weighted by Gasteiger charge is -2.29. The Bertz CT molecular complexity index is 1260. The molecular weight excluding hydrogens is 489 g/mol. The van der Waals surface area contributed by atoms with Crippen LogP contribution in [-0.2, 0) is 16.0 Å². The van der Waals surface area contributed by atoms with Crippen molar-refractivity contribution in [1.29, 1.82) is 0 Å². The number of hydrogen-bond acceptors (Lipinski definition) is 5. The molecule has 0 aliphatic rings. The van der Waals surface area contributed by atoms with E-state index in [4.69, 9.17) is 16.3 Å². The molecule has 1 heterocycles. The number of rotatable bonds is 11. The zero-order chi connectivity index (χ0) is 26.5. The van der Waals surface area contributed by atoms with E-state index in [1.165, 1.54) is 38.3 Å². The molecule has 3 aromatic rings. The quantitative estimate of drug-likeness (QED) is 0.322. The van der Waals surface area contributed by atoms with Gasteiger partial charge in [0, 0.05) is 30.7 Å². The van der Waals surface area contributed by atoms with Crippen LogP contribution in [0.4, 0.5) is 4.39 Å². The number of aromatic nitrogens is 2. The van der Waals surface area contributed by atoms with Gasteiger partial charge in [0.15, 0.2) is 5.78 Å². The molecule has 36 heavy (non-hydrogen) atoms. The van der Waals surface area contributed by atoms with Crippen LogP contribution in [-0.4, -0.2) is 52.7 Å². The summed E-state index contributed by atoms with van der Waals surface area (Å²) in [7, 11) is 1.41. The van der Waals surface area contributed by atoms with Crippen LogP contribution in [0.5, 0.6) is 0 Å². The molecule has 190 valence electrons. The Balaban J connectivity index is 1.85. The molecule has 2 aromatic carbocycles. The third-order valence-corrected chi connectivity index (χ3v) is 6.11. The molecule has 3 N–H and O–H groups in total. The van der Waals surface area contributed by atoms with Gasteiger partial charge >= 0.3 is 5.97 Å². The molecule has 0 fully saturated rings. The summed E-state index contributed by atoms with van der Waals surface area (Å²) in [5.74, 6) is -2.28. The van der Waals surface area contributed by atoms with Crippen molar-refractivity contribution in [3.8, 4) is 11.1 Å². The number of amides is 1. The zero-order valence-electron chi connectivity index (χ0n) is 20.1. The fourth-order valence-electron chi connectivity index (χ4n) is 3.95. The van der Waals surface area contributed by atoms with Crippen LogP contribution in [0.15, 0.2) is 48.5 Å². The molecular formula is C26H27ClFN3O5. The van der Waals surface area contributed by atoms with Gasteiger partial charge in [0.25, 0.3) is 5.91 Å². The summed E-state index contributed by atoms with van der Waals surface area (Å²) in [5.41, 5.74) is 0.720. The maximum atomic E-state index is 14.3. The molecule has 1 aromatic heterocycles. The van der Waals surface area contributed by atoms with E-state index in [1.54, 1.807) is 31.2 Å². The van der Waals surface area contributed by atoms with Gasteiger partial charge in [-0.1, -0.05) is 35.9 Å². The van der Waals surface area contributed by atoms with Crippen molar-refractivity contribution in [3.63, 3.8) is 0 Å². The summed E-state index contributed by atoms with van der Waals surface area (Å²) < 4.78 is 19.4. The van der Waals surface area contributed by atoms with E-state index in [1.807, 2.05) is 0 Å². The van der Waals surface area contributed by atoms with Gasteiger partial charge in [-0.05, 0) is 55.2 Å². The number of aliphatic carboxylic acids is 1. The number of nitrogens with zero attached hydrogens (tertiary/aromatic N) is 1. The van der Waals surface area contributed by atoms with E-state index < -0.39 is 29.2 Å². The monoisotopic (exact) mass is 515 g/mol. The first-order valence-corrected chi connectivity index (χ1v) is 11.5. The third-order valence-electron chi connectivity index (χ3n) is 5.87. The normalized spacial score (nSPS) is 13.6. The van der Waals surface area contributed by atoms with Gasteiger partial charge in [-0.15, -0.1) is 0 Å². The van der Waals surface area contributed by atoms with Gasteiger partial charge < -0.3 is 15.2 Å². The molecule has 8 nitrogen and oxygen atoms in total. The topological polar surface area (TPSA) is 121 Å². The van der Waals surface area contributed by atoms with Crippen LogP contribution >= 0.6 is 11.6 Å². The lowest BCUT2D eigenvalue weighted by Crippen LogP contribution is -2.44. The van der Waals surface area contributed by atoms with Crippen LogP contribution in [0.25, 0.3) is 11.1 Å². The van der Waals surface area contributed by atoms with Crippen molar-refractivity contribution in [2.75, 3.05) is 13.7 Å². The fraction of sp³-hybridized carbons (Fsp3) is 0.308. The largest absolute Gasteiger partial charge is 0.481 e. The molecule has 0 spiro atoms. The third kappa shape index (κ3) is 6.56. The predicted octanol–water partition coefficient (Wildman–Crippen LogP) is 4.54. The first-order chi connectivity index (χ1) is 17.0. The number of carboxylic acids is 1. The highest BCUT2D eigenvalue weighted by Crippen LogP contribution is 2.28. The number of H-pyrrole nitrogens is 1. The number of halogens is 2. The van der Waals surface area contributed by atoms with Gasteiger partial charge in [0.2, 0.25) is 0 Å². The Labute approximate surface area is 212 Å². The number of benzene rings is 2. The van der Waals surface area contributed by atoms with E-state index in [0.29, 0.717) is 22.6 Å². The van der Waals surface area contributed by atoms with Crippen LogP contribution < -0.4 is 5.32 Å². The van der Waals surface area contributed by atoms with Crippen LogP contribution in [0, 0.1) is 11.2 Å². The van der Waals surface area contributed by atoms with Crippen molar-refractivity contribution >= 4 is 29.3 Å². The maximum Gasteiger partial charge on any atom is 0.311 e. The summed E-state index contributed by atoms with van der Waals surface area (Å²) in [4.78, 5) is 36.4. The summed E-state index contributed by atoms with van der Waals surface area (Å²) in [6.07, 6.45) is 0.366. The molecule has 0 bridgehead atoms. The van der Waals surface area contributed by atoms with E-state index in [0.717, 1.165) is 5.56 Å². The van der Waals surface area contributed by atoms with E-state index in [2.05, 4.69) is 15.5 Å². The highest BCUT2D eigenvalue weighted by molar-refractivity contribution is 6.30. The van der Waals surface area contributed by atoms with Gasteiger partial charge in [-0.3, -0.25) is 19.5 Å². The molecule has 2 atom stereocenters. The second kappa shape index (κ2) is 11.5. The van der Waals surface area contributed by atoms with Gasteiger partial charge in [0.05, 0.1) is 12.0 Å². The SMILES string of the molecule is COCC(C)(C[C@@H](Cc1ccc(-c2cc(Cl)ccc2F)cc1)NC(=O)c1cc(C(C)=O)n[nH]1)C(=O)O. The average molecular weight is 516 g/mol. The molecule has 0 aliphatic carbocycles. The highest BCUT2D eigenvalue weighted by Gasteiger charge is 2.36. The van der Waals surface area contributed by atoms with Gasteiger partial charge in [-0.2, -0.15) is 5.10 Å². The van der Waals surface area contributed by atoms with Gasteiger partial charge in [-0.25, -0.2) is 4.39 Å². The average Bonchev–Trinajstić information content (AvgIpc) is 3.32. The summed E-state index contributed by atoms with van der Waals surface area (Å²) in [6.45, 7) is 2.83. The van der Waals surface area contributed by atoms with Crippen molar-refractivity contribution in [1.82, 2.24) is 15.5 Å². The Morgan fingerprint density at radius 1 is 1.19 bits per heavy atom. The summed E-state index contributed by atoms with van der Waals surface area (Å²) in [6, 6.07) is 12.1. The van der Waals surface area contributed by atoms with Crippen LogP contribution in [0.2, 0.25) is 5.02 Å². The van der Waals surface area contributed by atoms with Crippen molar-refractivity contribution in [2.24, 2.45) is 5.41 Å².